The van der Waals surface area contributed by atoms with Gasteiger partial charge in [0, 0.05) is 5.92 Å². The van der Waals surface area contributed by atoms with E-state index in [2.05, 4.69) is 12.2 Å². The molecular weight excluding hydrogens is 268 g/mol. The molecule has 21 heavy (non-hydrogen) atoms. The van der Waals surface area contributed by atoms with Crippen molar-refractivity contribution >= 4 is 5.97 Å². The van der Waals surface area contributed by atoms with Gasteiger partial charge in [0.15, 0.2) is 0 Å². The van der Waals surface area contributed by atoms with Gasteiger partial charge in [-0.3, -0.25) is 4.79 Å². The molecule has 8 unspecified atom stereocenters. The molecule has 8 atom stereocenters. The number of carbonyl (C=O) groups is 1. The Morgan fingerprint density at radius 3 is 2.67 bits per heavy atom. The molecule has 1 N–H and O–H groups in total. The third-order valence-corrected chi connectivity index (χ3v) is 6.02. The van der Waals surface area contributed by atoms with E-state index in [1.54, 1.807) is 0 Å². The second-order valence-electron chi connectivity index (χ2n) is 7.42. The van der Waals surface area contributed by atoms with E-state index >= 15 is 0 Å². The molecule has 2 saturated heterocycles. The summed E-state index contributed by atoms with van der Waals surface area (Å²) in [7, 11) is 0. The quantitative estimate of drug-likeness (QED) is 0.634. The van der Waals surface area contributed by atoms with E-state index in [4.69, 9.17) is 9.47 Å². The molecule has 0 spiro atoms. The Hall–Kier alpha value is -0.870. The van der Waals surface area contributed by atoms with Crippen LogP contribution in [0.25, 0.3) is 0 Å². The van der Waals surface area contributed by atoms with Gasteiger partial charge in [0.1, 0.15) is 0 Å². The topological polar surface area (TPSA) is 55.8 Å². The van der Waals surface area contributed by atoms with Crippen molar-refractivity contribution < 1.29 is 19.4 Å². The SMILES string of the molecule is CC(C)OC(=O)C(CO)C1CC2OC1C1C3C=CC(C3)C21. The van der Waals surface area contributed by atoms with E-state index in [1.807, 2.05) is 13.8 Å². The van der Waals surface area contributed by atoms with Crippen LogP contribution in [0, 0.1) is 35.5 Å². The third-order valence-electron chi connectivity index (χ3n) is 6.02. The van der Waals surface area contributed by atoms with E-state index < -0.39 is 5.92 Å². The highest BCUT2D eigenvalue weighted by molar-refractivity contribution is 5.73. The van der Waals surface area contributed by atoms with E-state index in [9.17, 15) is 9.90 Å². The highest BCUT2D eigenvalue weighted by Gasteiger charge is 2.63. The first-order valence-corrected chi connectivity index (χ1v) is 8.25. The van der Waals surface area contributed by atoms with Gasteiger partial charge in [-0.25, -0.2) is 0 Å². The van der Waals surface area contributed by atoms with Gasteiger partial charge in [0.2, 0.25) is 0 Å². The molecule has 0 amide bonds. The number of esters is 1. The van der Waals surface area contributed by atoms with Crippen molar-refractivity contribution in [2.45, 2.75) is 45.0 Å². The van der Waals surface area contributed by atoms with Gasteiger partial charge >= 0.3 is 5.97 Å². The smallest absolute Gasteiger partial charge is 0.311 e. The maximum atomic E-state index is 12.2. The molecule has 0 radical (unpaired) electrons. The van der Waals surface area contributed by atoms with Gasteiger partial charge in [0.05, 0.1) is 30.8 Å². The number of ether oxygens (including phenoxy) is 2. The highest BCUT2D eigenvalue weighted by Crippen LogP contribution is 2.62. The molecule has 0 aromatic heterocycles. The van der Waals surface area contributed by atoms with E-state index in [0.717, 1.165) is 6.42 Å². The zero-order valence-electron chi connectivity index (χ0n) is 12.6. The molecule has 1 saturated carbocycles. The van der Waals surface area contributed by atoms with Crippen LogP contribution in [0.1, 0.15) is 26.7 Å². The van der Waals surface area contributed by atoms with Crippen LogP contribution in [-0.2, 0) is 14.3 Å². The van der Waals surface area contributed by atoms with Gasteiger partial charge in [-0.15, -0.1) is 0 Å². The van der Waals surface area contributed by atoms with Gasteiger partial charge < -0.3 is 14.6 Å². The van der Waals surface area contributed by atoms with Crippen LogP contribution < -0.4 is 0 Å². The zero-order valence-corrected chi connectivity index (χ0v) is 12.6. The van der Waals surface area contributed by atoms with Crippen LogP contribution in [0.4, 0.5) is 0 Å². The van der Waals surface area contributed by atoms with Crippen LogP contribution in [-0.4, -0.2) is 36.0 Å². The van der Waals surface area contributed by atoms with Crippen molar-refractivity contribution in [3.63, 3.8) is 0 Å². The summed E-state index contributed by atoms with van der Waals surface area (Å²) >= 11 is 0. The van der Waals surface area contributed by atoms with Crippen molar-refractivity contribution in [2.75, 3.05) is 6.61 Å². The average Bonchev–Trinajstić information content (AvgIpc) is 3.17. The predicted molar refractivity (Wildman–Crippen MR) is 76.3 cm³/mol. The number of fused-ring (bicyclic) bond motifs is 9. The molecular formula is C17H24O4. The zero-order chi connectivity index (χ0) is 14.7. The summed E-state index contributed by atoms with van der Waals surface area (Å²) < 4.78 is 11.5. The molecule has 4 aliphatic rings. The van der Waals surface area contributed by atoms with Gasteiger partial charge in [-0.2, -0.15) is 0 Å². The van der Waals surface area contributed by atoms with Crippen molar-refractivity contribution in [3.05, 3.63) is 12.2 Å². The minimum Gasteiger partial charge on any atom is -0.463 e. The summed E-state index contributed by atoms with van der Waals surface area (Å²) in [5, 5.41) is 9.70. The second-order valence-corrected chi connectivity index (χ2v) is 7.42. The van der Waals surface area contributed by atoms with Crippen LogP contribution in [0.2, 0.25) is 0 Å². The largest absolute Gasteiger partial charge is 0.463 e. The minimum absolute atomic E-state index is 0.125. The summed E-state index contributed by atoms with van der Waals surface area (Å²) in [6.45, 7) is 3.56. The van der Waals surface area contributed by atoms with Crippen molar-refractivity contribution in [2.24, 2.45) is 35.5 Å². The van der Waals surface area contributed by atoms with E-state index in [0.29, 0.717) is 23.7 Å². The standard InChI is InChI=1S/C17H24O4/c1-8(2)20-17(19)12(7-18)11-6-13-14-9-3-4-10(5-9)15(14)16(11)21-13/h3-4,8-16,18H,5-7H2,1-2H3. The molecule has 2 aliphatic carbocycles. The fourth-order valence-corrected chi connectivity index (χ4v) is 5.37. The molecule has 4 nitrogen and oxygen atoms in total. The fraction of sp³-hybridized carbons (Fsp3) is 0.824. The van der Waals surface area contributed by atoms with Crippen LogP contribution in [0.5, 0.6) is 0 Å². The Balaban J connectivity index is 1.53. The number of aliphatic hydroxyl groups excluding tert-OH is 1. The lowest BCUT2D eigenvalue weighted by atomic mass is 9.66. The van der Waals surface area contributed by atoms with Crippen LogP contribution in [0.15, 0.2) is 12.2 Å². The Kier molecular flexibility index (Phi) is 3.16. The van der Waals surface area contributed by atoms with Crippen LogP contribution >= 0.6 is 0 Å². The first-order chi connectivity index (χ1) is 10.1. The average molecular weight is 292 g/mol. The molecule has 0 aromatic carbocycles. The lowest BCUT2D eigenvalue weighted by Gasteiger charge is -2.36. The summed E-state index contributed by atoms with van der Waals surface area (Å²) in [5.74, 6) is 1.96. The molecule has 4 heteroatoms. The van der Waals surface area contributed by atoms with Gasteiger partial charge in [-0.05, 0) is 50.4 Å². The molecule has 2 heterocycles. The first kappa shape index (κ1) is 13.8. The fourth-order valence-electron chi connectivity index (χ4n) is 5.37. The number of rotatable bonds is 4. The van der Waals surface area contributed by atoms with Gasteiger partial charge in [0.25, 0.3) is 0 Å². The highest BCUT2D eigenvalue weighted by atomic mass is 16.5. The normalized spacial score (nSPS) is 47.1. The summed E-state index contributed by atoms with van der Waals surface area (Å²) in [5.41, 5.74) is 0. The third kappa shape index (κ3) is 1.92. The van der Waals surface area contributed by atoms with Crippen molar-refractivity contribution in [3.8, 4) is 0 Å². The first-order valence-electron chi connectivity index (χ1n) is 8.25. The Labute approximate surface area is 125 Å². The number of aliphatic hydroxyl groups is 1. The minimum atomic E-state index is -0.425. The van der Waals surface area contributed by atoms with E-state index in [1.165, 1.54) is 6.42 Å². The summed E-state index contributed by atoms with van der Waals surface area (Å²) in [4.78, 5) is 12.2. The van der Waals surface area contributed by atoms with Crippen LogP contribution in [0.3, 0.4) is 0 Å². The van der Waals surface area contributed by atoms with Crippen molar-refractivity contribution in [1.82, 2.24) is 0 Å². The molecule has 2 aliphatic heterocycles. The summed E-state index contributed by atoms with van der Waals surface area (Å²) in [6, 6.07) is 0. The lowest BCUT2D eigenvalue weighted by Crippen LogP contribution is -2.42. The molecule has 4 bridgehead atoms. The maximum absolute atomic E-state index is 12.2. The van der Waals surface area contributed by atoms with E-state index in [-0.39, 0.29) is 36.8 Å². The lowest BCUT2D eigenvalue weighted by molar-refractivity contribution is -0.157. The number of hydrogen-bond acceptors (Lipinski definition) is 4. The van der Waals surface area contributed by atoms with Crippen molar-refractivity contribution in [1.29, 1.82) is 0 Å². The molecule has 4 rings (SSSR count). The number of allylic oxidation sites excluding steroid dienone is 2. The number of carbonyl (C=O) groups excluding carboxylic acids is 1. The Morgan fingerprint density at radius 1 is 1.29 bits per heavy atom. The molecule has 116 valence electrons. The molecule has 3 fully saturated rings. The predicted octanol–water partition coefficient (Wildman–Crippen LogP) is 1.77. The molecule has 0 aromatic rings. The second kappa shape index (κ2) is 4.82. The maximum Gasteiger partial charge on any atom is 0.311 e. The van der Waals surface area contributed by atoms with Gasteiger partial charge in [-0.1, -0.05) is 12.2 Å². The summed E-state index contributed by atoms with van der Waals surface area (Å²) in [6.07, 6.45) is 7.15. The monoisotopic (exact) mass is 292 g/mol. The Morgan fingerprint density at radius 2 is 2.00 bits per heavy atom. The Bertz CT molecular complexity index is 471. The number of hydrogen-bond donors (Lipinski definition) is 1.